The van der Waals surface area contributed by atoms with Gasteiger partial charge in [-0.15, -0.1) is 0 Å². The van der Waals surface area contributed by atoms with Crippen molar-refractivity contribution in [3.8, 4) is 0 Å². The summed E-state index contributed by atoms with van der Waals surface area (Å²) in [5.74, 6) is -2.70. The average Bonchev–Trinajstić information content (AvgIpc) is 2.28. The lowest BCUT2D eigenvalue weighted by atomic mass is 9.95. The fourth-order valence-electron chi connectivity index (χ4n) is 1.06. The number of carboxylic acids is 1. The Balaban J connectivity index is 2.63. The summed E-state index contributed by atoms with van der Waals surface area (Å²) in [6.45, 7) is 3.06. The second-order valence-electron chi connectivity index (χ2n) is 3.53. The number of anilines is 1. The van der Waals surface area contributed by atoms with Crippen LogP contribution < -0.4 is 5.32 Å². The van der Waals surface area contributed by atoms with E-state index in [0.29, 0.717) is 5.69 Å². The molecule has 1 aromatic heterocycles. The van der Waals surface area contributed by atoms with Crippen molar-refractivity contribution in [2.24, 2.45) is 11.8 Å². The Labute approximate surface area is 92.7 Å². The van der Waals surface area contributed by atoms with E-state index in [1.165, 1.54) is 25.6 Å². The lowest BCUT2D eigenvalue weighted by Gasteiger charge is -2.15. The van der Waals surface area contributed by atoms with Crippen molar-refractivity contribution in [3.63, 3.8) is 0 Å². The summed E-state index contributed by atoms with van der Waals surface area (Å²) in [6, 6.07) is 0. The van der Waals surface area contributed by atoms with Crippen molar-refractivity contribution in [2.75, 3.05) is 5.32 Å². The van der Waals surface area contributed by atoms with Crippen LogP contribution in [0, 0.1) is 11.8 Å². The minimum Gasteiger partial charge on any atom is -0.481 e. The van der Waals surface area contributed by atoms with Crippen LogP contribution in [0.4, 0.5) is 5.69 Å². The lowest BCUT2D eigenvalue weighted by Crippen LogP contribution is -2.30. The molecule has 0 saturated heterocycles. The first-order chi connectivity index (χ1) is 7.52. The fourth-order valence-corrected chi connectivity index (χ4v) is 1.06. The zero-order chi connectivity index (χ0) is 12.1. The van der Waals surface area contributed by atoms with Crippen molar-refractivity contribution in [3.05, 3.63) is 18.7 Å². The highest BCUT2D eigenvalue weighted by molar-refractivity contribution is 5.94. The number of nitrogens with one attached hydrogen (secondary N) is 1. The first kappa shape index (κ1) is 12.1. The highest BCUT2D eigenvalue weighted by Crippen LogP contribution is 2.13. The van der Waals surface area contributed by atoms with E-state index in [9.17, 15) is 9.59 Å². The Morgan fingerprint density at radius 3 is 2.31 bits per heavy atom. The van der Waals surface area contributed by atoms with Crippen molar-refractivity contribution in [1.29, 1.82) is 0 Å². The molecule has 2 atom stereocenters. The number of rotatable bonds is 4. The van der Waals surface area contributed by atoms with E-state index in [4.69, 9.17) is 5.11 Å². The number of aliphatic carboxylic acids is 1. The third-order valence-corrected chi connectivity index (χ3v) is 2.38. The summed E-state index contributed by atoms with van der Waals surface area (Å²) in [5, 5.41) is 11.3. The molecule has 2 unspecified atom stereocenters. The highest BCUT2D eigenvalue weighted by atomic mass is 16.4. The maximum atomic E-state index is 11.6. The van der Waals surface area contributed by atoms with E-state index >= 15 is 0 Å². The molecule has 0 saturated carbocycles. The zero-order valence-corrected chi connectivity index (χ0v) is 9.04. The van der Waals surface area contributed by atoms with Gasteiger partial charge in [-0.05, 0) is 0 Å². The van der Waals surface area contributed by atoms with Gasteiger partial charge in [0.2, 0.25) is 5.91 Å². The van der Waals surface area contributed by atoms with Crippen LogP contribution in [0.15, 0.2) is 18.7 Å². The third-order valence-electron chi connectivity index (χ3n) is 2.38. The second-order valence-corrected chi connectivity index (χ2v) is 3.53. The Kier molecular flexibility index (Phi) is 3.93. The van der Waals surface area contributed by atoms with Crippen molar-refractivity contribution >= 4 is 17.6 Å². The van der Waals surface area contributed by atoms with Crippen molar-refractivity contribution < 1.29 is 14.7 Å². The Hall–Kier alpha value is -1.98. The van der Waals surface area contributed by atoms with E-state index in [-0.39, 0.29) is 5.91 Å². The van der Waals surface area contributed by atoms with Crippen molar-refractivity contribution in [2.45, 2.75) is 13.8 Å². The average molecular weight is 223 g/mol. The van der Waals surface area contributed by atoms with Crippen LogP contribution in [-0.4, -0.2) is 27.0 Å². The quantitative estimate of drug-likeness (QED) is 0.786. The molecule has 0 aliphatic heterocycles. The van der Waals surface area contributed by atoms with Crippen LogP contribution in [0.5, 0.6) is 0 Å². The van der Waals surface area contributed by atoms with Crippen molar-refractivity contribution in [1.82, 2.24) is 9.97 Å². The fraction of sp³-hybridized carbons (Fsp3) is 0.400. The predicted molar refractivity (Wildman–Crippen MR) is 56.6 cm³/mol. The smallest absolute Gasteiger partial charge is 0.307 e. The molecule has 2 N–H and O–H groups in total. The summed E-state index contributed by atoms with van der Waals surface area (Å²) in [5.41, 5.74) is 0.455. The van der Waals surface area contributed by atoms with Gasteiger partial charge in [0, 0.05) is 5.92 Å². The van der Waals surface area contributed by atoms with Crippen LogP contribution in [0.1, 0.15) is 13.8 Å². The molecule has 1 rings (SSSR count). The van der Waals surface area contributed by atoms with Gasteiger partial charge in [-0.3, -0.25) is 9.59 Å². The zero-order valence-electron chi connectivity index (χ0n) is 9.04. The van der Waals surface area contributed by atoms with E-state index in [0.717, 1.165) is 0 Å². The first-order valence-corrected chi connectivity index (χ1v) is 4.81. The van der Waals surface area contributed by atoms with Crippen LogP contribution in [0.3, 0.4) is 0 Å². The third kappa shape index (κ3) is 3.01. The van der Waals surface area contributed by atoms with Gasteiger partial charge in [-0.25, -0.2) is 9.97 Å². The molecule has 0 radical (unpaired) electrons. The van der Waals surface area contributed by atoms with Crippen LogP contribution in [-0.2, 0) is 9.59 Å². The number of hydrogen-bond acceptors (Lipinski definition) is 4. The molecule has 0 aromatic carbocycles. The first-order valence-electron chi connectivity index (χ1n) is 4.81. The molecule has 0 aliphatic carbocycles. The van der Waals surface area contributed by atoms with Gasteiger partial charge in [0.05, 0.1) is 24.0 Å². The van der Waals surface area contributed by atoms with Gasteiger partial charge in [0.15, 0.2) is 0 Å². The highest BCUT2D eigenvalue weighted by Gasteiger charge is 2.25. The predicted octanol–water partition coefficient (Wildman–Crippen LogP) is 0.772. The van der Waals surface area contributed by atoms with Gasteiger partial charge < -0.3 is 10.4 Å². The molecule has 0 aliphatic rings. The molecule has 0 bridgehead atoms. The van der Waals surface area contributed by atoms with Gasteiger partial charge in [-0.2, -0.15) is 0 Å². The molecular weight excluding hydrogens is 210 g/mol. The number of nitrogens with zero attached hydrogens (tertiary/aromatic N) is 2. The SMILES string of the molecule is CC(C(=O)O)C(C)C(=O)Nc1cncnc1. The molecular formula is C10H13N3O3. The summed E-state index contributed by atoms with van der Waals surface area (Å²) >= 11 is 0. The second kappa shape index (κ2) is 5.20. The van der Waals surface area contributed by atoms with E-state index in [2.05, 4.69) is 15.3 Å². The Morgan fingerprint density at radius 2 is 1.81 bits per heavy atom. The largest absolute Gasteiger partial charge is 0.481 e. The molecule has 86 valence electrons. The molecule has 6 heteroatoms. The maximum absolute atomic E-state index is 11.6. The van der Waals surface area contributed by atoms with E-state index in [1.807, 2.05) is 0 Å². The standard InChI is InChI=1S/C10H13N3O3/c1-6(7(2)10(15)16)9(14)13-8-3-11-5-12-4-8/h3-7H,1-2H3,(H,13,14)(H,15,16). The van der Waals surface area contributed by atoms with E-state index in [1.54, 1.807) is 6.92 Å². The summed E-state index contributed by atoms with van der Waals surface area (Å²) in [6.07, 6.45) is 4.24. The number of carbonyl (C=O) groups is 2. The minimum absolute atomic E-state index is 0.357. The monoisotopic (exact) mass is 223 g/mol. The summed E-state index contributed by atoms with van der Waals surface area (Å²) in [4.78, 5) is 29.8. The maximum Gasteiger partial charge on any atom is 0.307 e. The van der Waals surface area contributed by atoms with E-state index < -0.39 is 17.8 Å². The summed E-state index contributed by atoms with van der Waals surface area (Å²) < 4.78 is 0. The summed E-state index contributed by atoms with van der Waals surface area (Å²) in [7, 11) is 0. The topological polar surface area (TPSA) is 92.2 Å². The number of aromatic nitrogens is 2. The minimum atomic E-state index is -0.994. The van der Waals surface area contributed by atoms with Crippen LogP contribution >= 0.6 is 0 Å². The van der Waals surface area contributed by atoms with Crippen LogP contribution in [0.2, 0.25) is 0 Å². The van der Waals surface area contributed by atoms with Gasteiger partial charge >= 0.3 is 5.97 Å². The Bertz CT molecular complexity index is 380. The number of amides is 1. The number of hydrogen-bond donors (Lipinski definition) is 2. The normalized spacial score (nSPS) is 13.9. The molecule has 1 amide bonds. The van der Waals surface area contributed by atoms with Crippen LogP contribution in [0.25, 0.3) is 0 Å². The van der Waals surface area contributed by atoms with Gasteiger partial charge in [0.25, 0.3) is 0 Å². The van der Waals surface area contributed by atoms with Gasteiger partial charge in [0.1, 0.15) is 6.33 Å². The molecule has 1 aromatic rings. The number of carboxylic acid groups (broad SMARTS) is 1. The molecule has 1 heterocycles. The molecule has 16 heavy (non-hydrogen) atoms. The Morgan fingerprint density at radius 1 is 1.25 bits per heavy atom. The molecule has 0 fully saturated rings. The molecule has 0 spiro atoms. The van der Waals surface area contributed by atoms with Gasteiger partial charge in [-0.1, -0.05) is 13.8 Å². The number of carbonyl (C=O) groups excluding carboxylic acids is 1. The molecule has 6 nitrogen and oxygen atoms in total. The lowest BCUT2D eigenvalue weighted by molar-refractivity contribution is -0.145.